The quantitative estimate of drug-likeness (QED) is 0.133. The van der Waals surface area contributed by atoms with E-state index in [1.54, 1.807) is 0 Å². The van der Waals surface area contributed by atoms with Gasteiger partial charge in [-0.3, -0.25) is 4.55 Å². The Morgan fingerprint density at radius 1 is 0.583 bits per heavy atom. The number of aryl methyl sites for hydroxylation is 2. The monoisotopic (exact) mass is 516 g/mol. The molecule has 0 aliphatic heterocycles. The van der Waals surface area contributed by atoms with Crippen LogP contribution < -0.4 is 0 Å². The minimum absolute atomic E-state index is 0.120. The first-order valence-electron chi connectivity index (χ1n) is 15.0. The van der Waals surface area contributed by atoms with Crippen LogP contribution in [0.1, 0.15) is 141 Å². The Balaban J connectivity index is 1.85. The van der Waals surface area contributed by atoms with E-state index in [1.165, 1.54) is 108 Å². The van der Waals surface area contributed by atoms with E-state index < -0.39 is 10.1 Å². The number of fused-ring (bicyclic) bond motifs is 1. The SMILES string of the molecule is CCCCCCCCCCCc1ccc2c(S(=O)(=O)O)c(CCCCCCCCCCC)ccc2c1. The molecule has 0 radical (unpaired) electrons. The predicted octanol–water partition coefficient (Wildman–Crippen LogP) is 10.2. The fraction of sp³-hybridized carbons (Fsp3) is 0.688. The molecule has 204 valence electrons. The maximum Gasteiger partial charge on any atom is 0.295 e. The Kier molecular flexibility index (Phi) is 15.4. The van der Waals surface area contributed by atoms with Gasteiger partial charge in [-0.1, -0.05) is 147 Å². The van der Waals surface area contributed by atoms with E-state index in [1.807, 2.05) is 24.3 Å². The lowest BCUT2D eigenvalue weighted by molar-refractivity contribution is 0.482. The highest BCUT2D eigenvalue weighted by atomic mass is 32.2. The average Bonchev–Trinajstić information content (AvgIpc) is 2.85. The molecule has 0 atom stereocenters. The second-order valence-corrected chi connectivity index (χ2v) is 12.1. The van der Waals surface area contributed by atoms with Crippen molar-refractivity contribution in [2.75, 3.05) is 0 Å². The highest BCUT2D eigenvalue weighted by Gasteiger charge is 2.19. The third kappa shape index (κ3) is 11.8. The summed E-state index contributed by atoms with van der Waals surface area (Å²) in [6.07, 6.45) is 24.6. The van der Waals surface area contributed by atoms with E-state index in [4.69, 9.17) is 0 Å². The Labute approximate surface area is 222 Å². The molecule has 0 heterocycles. The molecule has 0 fully saturated rings. The lowest BCUT2D eigenvalue weighted by Gasteiger charge is -2.12. The molecule has 3 nitrogen and oxygen atoms in total. The number of hydrogen-bond acceptors (Lipinski definition) is 2. The van der Waals surface area contributed by atoms with Crippen LogP contribution in [0.5, 0.6) is 0 Å². The molecule has 2 rings (SSSR count). The van der Waals surface area contributed by atoms with Gasteiger partial charge in [0.2, 0.25) is 0 Å². The zero-order valence-electron chi connectivity index (χ0n) is 23.2. The number of unbranched alkanes of at least 4 members (excludes halogenated alkanes) is 16. The van der Waals surface area contributed by atoms with Gasteiger partial charge >= 0.3 is 0 Å². The molecule has 2 aromatic rings. The lowest BCUT2D eigenvalue weighted by Crippen LogP contribution is -2.05. The molecule has 0 unspecified atom stereocenters. The van der Waals surface area contributed by atoms with E-state index >= 15 is 0 Å². The van der Waals surface area contributed by atoms with Gasteiger partial charge in [-0.25, -0.2) is 0 Å². The summed E-state index contributed by atoms with van der Waals surface area (Å²) >= 11 is 0. The first kappa shape index (κ1) is 30.8. The van der Waals surface area contributed by atoms with Gasteiger partial charge in [0.05, 0.1) is 0 Å². The third-order valence-corrected chi connectivity index (χ3v) is 8.49. The number of hydrogen-bond donors (Lipinski definition) is 1. The van der Waals surface area contributed by atoms with Gasteiger partial charge in [-0.15, -0.1) is 0 Å². The van der Waals surface area contributed by atoms with Crippen LogP contribution in [0.4, 0.5) is 0 Å². The Morgan fingerprint density at radius 3 is 1.56 bits per heavy atom. The molecule has 0 amide bonds. The van der Waals surface area contributed by atoms with Crippen LogP contribution in [-0.4, -0.2) is 13.0 Å². The zero-order valence-corrected chi connectivity index (χ0v) is 24.0. The Morgan fingerprint density at radius 2 is 1.06 bits per heavy atom. The lowest BCUT2D eigenvalue weighted by atomic mass is 9.98. The van der Waals surface area contributed by atoms with E-state index in [0.717, 1.165) is 30.2 Å². The van der Waals surface area contributed by atoms with Gasteiger partial charge in [0.1, 0.15) is 4.90 Å². The second kappa shape index (κ2) is 18.0. The molecule has 36 heavy (non-hydrogen) atoms. The van der Waals surface area contributed by atoms with Gasteiger partial charge in [0.25, 0.3) is 10.1 Å². The van der Waals surface area contributed by atoms with Crippen molar-refractivity contribution in [3.05, 3.63) is 41.5 Å². The van der Waals surface area contributed by atoms with Crippen LogP contribution in [-0.2, 0) is 23.0 Å². The molecule has 0 aromatic heterocycles. The summed E-state index contributed by atoms with van der Waals surface area (Å²) in [6.45, 7) is 4.50. The highest BCUT2D eigenvalue weighted by molar-refractivity contribution is 7.86. The van der Waals surface area contributed by atoms with Crippen molar-refractivity contribution >= 4 is 20.9 Å². The van der Waals surface area contributed by atoms with Crippen molar-refractivity contribution in [2.45, 2.75) is 147 Å². The molecule has 0 saturated heterocycles. The van der Waals surface area contributed by atoms with E-state index in [2.05, 4.69) is 19.9 Å². The fourth-order valence-corrected chi connectivity index (χ4v) is 6.28. The molecular formula is C32H52O3S. The van der Waals surface area contributed by atoms with Crippen molar-refractivity contribution in [3.8, 4) is 0 Å². The molecular weight excluding hydrogens is 464 g/mol. The summed E-state index contributed by atoms with van der Waals surface area (Å²) in [5, 5.41) is 1.56. The molecule has 0 bridgehead atoms. The Hall–Kier alpha value is -1.39. The first-order valence-corrected chi connectivity index (χ1v) is 16.4. The van der Waals surface area contributed by atoms with E-state index in [9.17, 15) is 13.0 Å². The van der Waals surface area contributed by atoms with Gasteiger partial charge in [0, 0.05) is 5.39 Å². The first-order chi connectivity index (χ1) is 17.5. The minimum atomic E-state index is -4.27. The number of rotatable bonds is 21. The summed E-state index contributed by atoms with van der Waals surface area (Å²) < 4.78 is 34.7. The van der Waals surface area contributed by atoms with Gasteiger partial charge < -0.3 is 0 Å². The molecule has 2 aromatic carbocycles. The summed E-state index contributed by atoms with van der Waals surface area (Å²) in [6, 6.07) is 10.0. The van der Waals surface area contributed by atoms with Crippen LogP contribution in [0.15, 0.2) is 35.2 Å². The van der Waals surface area contributed by atoms with Gasteiger partial charge in [-0.05, 0) is 42.2 Å². The zero-order chi connectivity index (χ0) is 26.1. The smallest absolute Gasteiger partial charge is 0.282 e. The van der Waals surface area contributed by atoms with Gasteiger partial charge in [-0.2, -0.15) is 8.42 Å². The summed E-state index contributed by atoms with van der Waals surface area (Å²) in [5.41, 5.74) is 2.00. The van der Waals surface area contributed by atoms with Crippen LogP contribution >= 0.6 is 0 Å². The minimum Gasteiger partial charge on any atom is -0.282 e. The Bertz CT molecular complexity index is 965. The summed E-state index contributed by atoms with van der Waals surface area (Å²) in [5.74, 6) is 0. The predicted molar refractivity (Wildman–Crippen MR) is 156 cm³/mol. The van der Waals surface area contributed by atoms with Crippen LogP contribution in [0.3, 0.4) is 0 Å². The van der Waals surface area contributed by atoms with Crippen molar-refractivity contribution in [1.82, 2.24) is 0 Å². The largest absolute Gasteiger partial charge is 0.295 e. The average molecular weight is 517 g/mol. The van der Waals surface area contributed by atoms with Crippen molar-refractivity contribution in [3.63, 3.8) is 0 Å². The molecule has 1 N–H and O–H groups in total. The van der Waals surface area contributed by atoms with Crippen molar-refractivity contribution in [2.24, 2.45) is 0 Å². The standard InChI is InChI=1S/C32H52O3S/c1-3-5-7-9-11-13-15-17-19-21-28-23-26-31-30(27-28)25-24-29(32(31)36(33,34)35)22-20-18-16-14-12-10-8-6-4-2/h23-27H,3-22H2,1-2H3,(H,33,34,35). The number of benzene rings is 2. The summed E-state index contributed by atoms with van der Waals surface area (Å²) in [4.78, 5) is 0.120. The highest BCUT2D eigenvalue weighted by Crippen LogP contribution is 2.29. The van der Waals surface area contributed by atoms with Crippen molar-refractivity contribution in [1.29, 1.82) is 0 Å². The molecule has 0 spiro atoms. The van der Waals surface area contributed by atoms with Crippen LogP contribution in [0.2, 0.25) is 0 Å². The summed E-state index contributed by atoms with van der Waals surface area (Å²) in [7, 11) is -4.27. The normalized spacial score (nSPS) is 12.0. The maximum atomic E-state index is 12.3. The van der Waals surface area contributed by atoms with Crippen molar-refractivity contribution < 1.29 is 13.0 Å². The second-order valence-electron chi connectivity index (χ2n) is 10.7. The van der Waals surface area contributed by atoms with Crippen LogP contribution in [0, 0.1) is 0 Å². The molecule has 0 saturated carbocycles. The van der Waals surface area contributed by atoms with Gasteiger partial charge in [0.15, 0.2) is 0 Å². The third-order valence-electron chi connectivity index (χ3n) is 7.49. The van der Waals surface area contributed by atoms with E-state index in [0.29, 0.717) is 11.8 Å². The molecule has 0 aliphatic rings. The van der Waals surface area contributed by atoms with Crippen LogP contribution in [0.25, 0.3) is 10.8 Å². The topological polar surface area (TPSA) is 54.4 Å². The fourth-order valence-electron chi connectivity index (χ4n) is 5.32. The molecule has 4 heteroatoms. The molecule has 0 aliphatic carbocycles. The maximum absolute atomic E-state index is 12.3. The van der Waals surface area contributed by atoms with E-state index in [-0.39, 0.29) is 4.90 Å².